The fraction of sp³-hybridized carbons (Fsp3) is 0.0476. The second kappa shape index (κ2) is 7.92. The molecule has 150 valence electrons. The van der Waals surface area contributed by atoms with Crippen LogP contribution < -0.4 is 16.4 Å². The monoisotopic (exact) mass is 402 g/mol. The zero-order valence-corrected chi connectivity index (χ0v) is 16.0. The lowest BCUT2D eigenvalue weighted by Crippen LogP contribution is -2.16. The first-order valence-corrected chi connectivity index (χ1v) is 9.05. The zero-order valence-electron chi connectivity index (χ0n) is 16.0. The number of carbonyl (C=O) groups excluding carboxylic acids is 2. The minimum atomic E-state index is -0.424. The molecule has 0 saturated carbocycles. The Morgan fingerprint density at radius 3 is 2.57 bits per heavy atom. The fourth-order valence-electron chi connectivity index (χ4n) is 2.86. The molecule has 0 aliphatic rings. The zero-order chi connectivity index (χ0) is 21.1. The number of nitrogens with zero attached hydrogens (tertiary/aromatic N) is 3. The summed E-state index contributed by atoms with van der Waals surface area (Å²) in [4.78, 5) is 25.2. The normalized spacial score (nSPS) is 10.6. The van der Waals surface area contributed by atoms with Crippen molar-refractivity contribution in [2.24, 2.45) is 0 Å². The molecule has 4 aromatic rings. The maximum atomic E-state index is 12.8. The van der Waals surface area contributed by atoms with Gasteiger partial charge in [0.05, 0.1) is 11.9 Å². The molecule has 2 aromatic carbocycles. The van der Waals surface area contributed by atoms with Gasteiger partial charge in [-0.25, -0.2) is 4.68 Å². The predicted octanol–water partition coefficient (Wildman–Crippen LogP) is 3.26. The van der Waals surface area contributed by atoms with E-state index in [0.29, 0.717) is 17.1 Å². The van der Waals surface area contributed by atoms with Crippen molar-refractivity contribution in [3.8, 4) is 5.69 Å². The summed E-state index contributed by atoms with van der Waals surface area (Å²) < 4.78 is 6.19. The summed E-state index contributed by atoms with van der Waals surface area (Å²) in [7, 11) is 0. The van der Waals surface area contributed by atoms with Crippen LogP contribution >= 0.6 is 0 Å². The number of amides is 2. The van der Waals surface area contributed by atoms with E-state index in [9.17, 15) is 9.59 Å². The number of nitrogens with one attached hydrogen (secondary N) is 2. The van der Waals surface area contributed by atoms with Crippen LogP contribution in [0.3, 0.4) is 0 Å². The SMILES string of the molecule is Cc1ccc(C(=O)Nc2ccon2)cc1NC(=O)c1cnn(-c2ccccc2)c1N. The number of aromatic nitrogens is 3. The van der Waals surface area contributed by atoms with Gasteiger partial charge in [0.2, 0.25) is 0 Å². The molecule has 0 radical (unpaired) electrons. The molecule has 2 aromatic heterocycles. The van der Waals surface area contributed by atoms with Crippen LogP contribution in [0.25, 0.3) is 5.69 Å². The number of nitrogens with two attached hydrogens (primary N) is 1. The number of benzene rings is 2. The van der Waals surface area contributed by atoms with Crippen LogP contribution in [0.4, 0.5) is 17.3 Å². The van der Waals surface area contributed by atoms with E-state index in [1.165, 1.54) is 23.2 Å². The van der Waals surface area contributed by atoms with Crippen molar-refractivity contribution in [1.29, 1.82) is 0 Å². The smallest absolute Gasteiger partial charge is 0.261 e. The van der Waals surface area contributed by atoms with E-state index in [2.05, 4.69) is 20.9 Å². The lowest BCUT2D eigenvalue weighted by molar-refractivity contribution is 0.101. The van der Waals surface area contributed by atoms with Gasteiger partial charge in [0.1, 0.15) is 17.6 Å². The van der Waals surface area contributed by atoms with Gasteiger partial charge >= 0.3 is 0 Å². The number of hydrogen-bond acceptors (Lipinski definition) is 6. The van der Waals surface area contributed by atoms with Crippen LogP contribution in [0.1, 0.15) is 26.3 Å². The Labute approximate surface area is 171 Å². The van der Waals surface area contributed by atoms with Crippen molar-refractivity contribution >= 4 is 29.1 Å². The van der Waals surface area contributed by atoms with Gasteiger partial charge in [-0.05, 0) is 36.8 Å². The summed E-state index contributed by atoms with van der Waals surface area (Å²) in [6.45, 7) is 1.83. The lowest BCUT2D eigenvalue weighted by atomic mass is 10.1. The Bertz CT molecular complexity index is 1200. The second-order valence-corrected chi connectivity index (χ2v) is 6.51. The molecule has 0 spiro atoms. The molecule has 0 saturated heterocycles. The topological polar surface area (TPSA) is 128 Å². The maximum absolute atomic E-state index is 12.8. The Morgan fingerprint density at radius 1 is 1.03 bits per heavy atom. The van der Waals surface area contributed by atoms with E-state index in [4.69, 9.17) is 10.3 Å². The van der Waals surface area contributed by atoms with Gasteiger partial charge in [-0.1, -0.05) is 29.4 Å². The summed E-state index contributed by atoms with van der Waals surface area (Å²) in [5.41, 5.74) is 8.75. The van der Waals surface area contributed by atoms with Crippen LogP contribution in [0.15, 0.2) is 71.6 Å². The quantitative estimate of drug-likeness (QED) is 0.470. The summed E-state index contributed by atoms with van der Waals surface area (Å²) >= 11 is 0. The van der Waals surface area contributed by atoms with E-state index in [0.717, 1.165) is 11.3 Å². The van der Waals surface area contributed by atoms with Crippen LogP contribution in [0.2, 0.25) is 0 Å². The van der Waals surface area contributed by atoms with E-state index in [1.54, 1.807) is 18.2 Å². The first-order chi connectivity index (χ1) is 14.5. The molecule has 0 atom stereocenters. The summed E-state index contributed by atoms with van der Waals surface area (Å²) in [5, 5.41) is 13.3. The standard InChI is InChI=1S/C21H18N6O3/c1-13-7-8-14(20(28)25-18-9-10-30-26-18)11-17(13)24-21(29)16-12-23-27(19(16)22)15-5-3-2-4-6-15/h2-12H,22H2,1H3,(H,24,29)(H,25,26,28). The molecule has 30 heavy (non-hydrogen) atoms. The number of carbonyl (C=O) groups is 2. The highest BCUT2D eigenvalue weighted by atomic mass is 16.5. The van der Waals surface area contributed by atoms with E-state index < -0.39 is 5.91 Å². The predicted molar refractivity (Wildman–Crippen MR) is 112 cm³/mol. The minimum Gasteiger partial charge on any atom is -0.383 e. The molecule has 4 rings (SSSR count). The Kier molecular flexibility index (Phi) is 5.00. The number of hydrogen-bond donors (Lipinski definition) is 3. The molecule has 0 aliphatic heterocycles. The maximum Gasteiger partial charge on any atom is 0.261 e. The van der Waals surface area contributed by atoms with Gasteiger partial charge in [-0.2, -0.15) is 5.10 Å². The van der Waals surface area contributed by atoms with Crippen molar-refractivity contribution < 1.29 is 14.1 Å². The molecule has 2 heterocycles. The molecule has 2 amide bonds. The summed E-state index contributed by atoms with van der Waals surface area (Å²) in [6.07, 6.45) is 2.77. The van der Waals surface area contributed by atoms with Crippen LogP contribution in [0, 0.1) is 6.92 Å². The van der Waals surface area contributed by atoms with Gasteiger partial charge < -0.3 is 20.9 Å². The number of nitrogen functional groups attached to an aromatic ring is 1. The molecular weight excluding hydrogens is 384 g/mol. The lowest BCUT2D eigenvalue weighted by Gasteiger charge is -2.10. The number of aryl methyl sites for hydroxylation is 1. The van der Waals surface area contributed by atoms with Crippen LogP contribution in [-0.4, -0.2) is 26.8 Å². The molecule has 0 fully saturated rings. The van der Waals surface area contributed by atoms with Crippen LogP contribution in [0.5, 0.6) is 0 Å². The molecule has 0 bridgehead atoms. The highest BCUT2D eigenvalue weighted by Gasteiger charge is 2.18. The van der Waals surface area contributed by atoms with Crippen molar-refractivity contribution in [1.82, 2.24) is 14.9 Å². The fourth-order valence-corrected chi connectivity index (χ4v) is 2.86. The van der Waals surface area contributed by atoms with E-state index in [1.807, 2.05) is 37.3 Å². The van der Waals surface area contributed by atoms with Gasteiger partial charge in [0.25, 0.3) is 11.8 Å². The van der Waals surface area contributed by atoms with E-state index in [-0.39, 0.29) is 17.3 Å². The molecule has 0 aliphatic carbocycles. The third-order valence-corrected chi connectivity index (χ3v) is 4.48. The van der Waals surface area contributed by atoms with E-state index >= 15 is 0 Å². The average molecular weight is 402 g/mol. The van der Waals surface area contributed by atoms with Gasteiger partial charge in [-0.3, -0.25) is 9.59 Å². The van der Waals surface area contributed by atoms with Crippen molar-refractivity contribution in [3.63, 3.8) is 0 Å². The van der Waals surface area contributed by atoms with Crippen molar-refractivity contribution in [2.75, 3.05) is 16.4 Å². The summed E-state index contributed by atoms with van der Waals surface area (Å²) in [5.74, 6) is -0.286. The molecule has 9 heteroatoms. The number of rotatable bonds is 5. The molecular formula is C21H18N6O3. The van der Waals surface area contributed by atoms with Crippen molar-refractivity contribution in [3.05, 3.63) is 83.7 Å². The first-order valence-electron chi connectivity index (χ1n) is 9.05. The van der Waals surface area contributed by atoms with Gasteiger partial charge in [0, 0.05) is 17.3 Å². The molecule has 0 unspecified atom stereocenters. The Balaban J connectivity index is 1.55. The van der Waals surface area contributed by atoms with Gasteiger partial charge in [-0.15, -0.1) is 0 Å². The minimum absolute atomic E-state index is 0.219. The Morgan fingerprint density at radius 2 is 1.83 bits per heavy atom. The number of para-hydroxylation sites is 1. The van der Waals surface area contributed by atoms with Gasteiger partial charge in [0.15, 0.2) is 5.82 Å². The Hall–Kier alpha value is -4.40. The molecule has 9 nitrogen and oxygen atoms in total. The molecule has 4 N–H and O–H groups in total. The number of anilines is 3. The first kappa shape index (κ1) is 18.9. The van der Waals surface area contributed by atoms with Crippen molar-refractivity contribution in [2.45, 2.75) is 6.92 Å². The average Bonchev–Trinajstić information content (AvgIpc) is 3.39. The highest BCUT2D eigenvalue weighted by Crippen LogP contribution is 2.22. The van der Waals surface area contributed by atoms with Crippen LogP contribution in [-0.2, 0) is 0 Å². The third kappa shape index (κ3) is 3.76. The highest BCUT2D eigenvalue weighted by molar-refractivity contribution is 6.09. The second-order valence-electron chi connectivity index (χ2n) is 6.51. The third-order valence-electron chi connectivity index (χ3n) is 4.48. The largest absolute Gasteiger partial charge is 0.383 e. The summed E-state index contributed by atoms with van der Waals surface area (Å²) in [6, 6.07) is 15.8.